The van der Waals surface area contributed by atoms with Crippen LogP contribution < -0.4 is 10.6 Å². The molecule has 0 aliphatic heterocycles. The van der Waals surface area contributed by atoms with Crippen LogP contribution in [0.1, 0.15) is 10.6 Å². The summed E-state index contributed by atoms with van der Waals surface area (Å²) in [6.07, 6.45) is 2.66. The Labute approximate surface area is 129 Å². The molecule has 23 heavy (non-hydrogen) atoms. The van der Waals surface area contributed by atoms with Crippen molar-refractivity contribution in [3.63, 3.8) is 0 Å². The molecule has 3 rings (SSSR count). The first-order valence-corrected chi connectivity index (χ1v) is 6.57. The zero-order chi connectivity index (χ0) is 16.4. The van der Waals surface area contributed by atoms with Gasteiger partial charge in [0.2, 0.25) is 5.76 Å². The molecule has 0 aliphatic carbocycles. The summed E-state index contributed by atoms with van der Waals surface area (Å²) in [6.45, 7) is 0. The zero-order valence-corrected chi connectivity index (χ0v) is 11.9. The van der Waals surface area contributed by atoms with Crippen molar-refractivity contribution in [2.45, 2.75) is 0 Å². The van der Waals surface area contributed by atoms with Crippen LogP contribution >= 0.6 is 0 Å². The molecule has 9 heteroatoms. The summed E-state index contributed by atoms with van der Waals surface area (Å²) < 4.78 is 5.51. The van der Waals surface area contributed by atoms with Crippen molar-refractivity contribution in [1.82, 2.24) is 9.97 Å². The molecule has 1 amide bonds. The predicted octanol–water partition coefficient (Wildman–Crippen LogP) is 2.43. The Kier molecular flexibility index (Phi) is 3.59. The minimum Gasteiger partial charge on any atom is -0.447 e. The Bertz CT molecular complexity index is 888. The first-order valence-electron chi connectivity index (χ1n) is 6.57. The average molecular weight is 313 g/mol. The van der Waals surface area contributed by atoms with E-state index in [1.807, 2.05) is 0 Å². The molecule has 116 valence electrons. The normalized spacial score (nSPS) is 10.5. The maximum Gasteiger partial charge on any atom is 0.294 e. The first-order chi connectivity index (χ1) is 11.1. The number of nitrogens with one attached hydrogen (secondary N) is 2. The minimum absolute atomic E-state index is 0.0568. The smallest absolute Gasteiger partial charge is 0.294 e. The summed E-state index contributed by atoms with van der Waals surface area (Å²) in [7, 11) is 1.65. The van der Waals surface area contributed by atoms with Crippen molar-refractivity contribution in [3.05, 3.63) is 52.5 Å². The summed E-state index contributed by atoms with van der Waals surface area (Å²) >= 11 is 0. The van der Waals surface area contributed by atoms with E-state index in [0.29, 0.717) is 16.8 Å². The number of furan rings is 1. The van der Waals surface area contributed by atoms with Gasteiger partial charge in [-0.3, -0.25) is 19.9 Å². The van der Waals surface area contributed by atoms with Gasteiger partial charge < -0.3 is 15.1 Å². The van der Waals surface area contributed by atoms with Crippen LogP contribution in [0, 0.1) is 10.1 Å². The number of anilines is 2. The van der Waals surface area contributed by atoms with Crippen LogP contribution in [-0.4, -0.2) is 27.8 Å². The second kappa shape index (κ2) is 5.72. The monoisotopic (exact) mass is 313 g/mol. The van der Waals surface area contributed by atoms with E-state index in [0.717, 1.165) is 6.20 Å². The van der Waals surface area contributed by atoms with Crippen molar-refractivity contribution in [2.24, 2.45) is 0 Å². The molecular formula is C14H11N5O4. The second-order valence-corrected chi connectivity index (χ2v) is 4.52. The topological polar surface area (TPSA) is 123 Å². The number of carbonyl (C=O) groups is 1. The molecule has 0 aliphatic rings. The molecule has 2 N–H and O–H groups in total. The van der Waals surface area contributed by atoms with Gasteiger partial charge in [0.1, 0.15) is 23.2 Å². The number of nitrogens with zero attached hydrogens (tertiary/aromatic N) is 3. The van der Waals surface area contributed by atoms with Crippen LogP contribution in [0.25, 0.3) is 11.1 Å². The fraction of sp³-hybridized carbons (Fsp3) is 0.0714. The summed E-state index contributed by atoms with van der Waals surface area (Å²) in [5, 5.41) is 16.0. The van der Waals surface area contributed by atoms with Gasteiger partial charge >= 0.3 is 0 Å². The van der Waals surface area contributed by atoms with E-state index in [-0.39, 0.29) is 17.3 Å². The maximum absolute atomic E-state index is 12.3. The van der Waals surface area contributed by atoms with Crippen LogP contribution in [0.3, 0.4) is 0 Å². The Balaban J connectivity index is 1.90. The molecule has 3 aromatic heterocycles. The van der Waals surface area contributed by atoms with Gasteiger partial charge in [-0.05, 0) is 18.2 Å². The summed E-state index contributed by atoms with van der Waals surface area (Å²) in [5.41, 5.74) is 1.31. The summed E-state index contributed by atoms with van der Waals surface area (Å²) in [6, 6.07) is 5.99. The number of fused-ring (bicyclic) bond motifs is 1. The number of pyridine rings is 2. The van der Waals surface area contributed by atoms with Gasteiger partial charge in [0.15, 0.2) is 5.58 Å². The molecule has 0 spiro atoms. The summed E-state index contributed by atoms with van der Waals surface area (Å²) in [5.74, 6) is -0.300. The number of nitro groups is 1. The van der Waals surface area contributed by atoms with Crippen molar-refractivity contribution in [3.8, 4) is 0 Å². The molecule has 3 aromatic rings. The number of carbonyl (C=O) groups excluding carboxylic acids is 1. The van der Waals surface area contributed by atoms with Gasteiger partial charge in [-0.25, -0.2) is 4.98 Å². The molecule has 0 unspecified atom stereocenters. The van der Waals surface area contributed by atoms with E-state index >= 15 is 0 Å². The fourth-order valence-electron chi connectivity index (χ4n) is 2.06. The highest BCUT2D eigenvalue weighted by atomic mass is 16.6. The minimum atomic E-state index is -0.567. The van der Waals surface area contributed by atoms with Gasteiger partial charge in [0.25, 0.3) is 11.6 Å². The quantitative estimate of drug-likeness (QED) is 0.560. The van der Waals surface area contributed by atoms with Gasteiger partial charge in [0, 0.05) is 19.3 Å². The highest BCUT2D eigenvalue weighted by Crippen LogP contribution is 2.29. The third kappa shape index (κ3) is 2.67. The molecule has 0 radical (unpaired) electrons. The molecular weight excluding hydrogens is 302 g/mol. The number of amides is 1. The molecule has 3 heterocycles. The van der Waals surface area contributed by atoms with Gasteiger partial charge in [-0.1, -0.05) is 0 Å². The third-order valence-corrected chi connectivity index (χ3v) is 3.10. The van der Waals surface area contributed by atoms with Crippen molar-refractivity contribution in [1.29, 1.82) is 0 Å². The Morgan fingerprint density at radius 1 is 1.30 bits per heavy atom. The van der Waals surface area contributed by atoms with Crippen LogP contribution in [0.15, 0.2) is 41.1 Å². The van der Waals surface area contributed by atoms with E-state index in [1.54, 1.807) is 25.4 Å². The van der Waals surface area contributed by atoms with Crippen molar-refractivity contribution >= 4 is 34.2 Å². The predicted molar refractivity (Wildman–Crippen MR) is 82.4 cm³/mol. The Morgan fingerprint density at radius 3 is 2.78 bits per heavy atom. The number of rotatable bonds is 4. The van der Waals surface area contributed by atoms with E-state index in [2.05, 4.69) is 20.6 Å². The van der Waals surface area contributed by atoms with Crippen molar-refractivity contribution in [2.75, 3.05) is 17.7 Å². The van der Waals surface area contributed by atoms with Crippen LogP contribution in [0.2, 0.25) is 0 Å². The fourth-order valence-corrected chi connectivity index (χ4v) is 2.06. The SMILES string of the molecule is CNc1c(C(=O)Nc2ccc([N+](=O)[O-])cn2)oc2cccnc12. The van der Waals surface area contributed by atoms with E-state index in [9.17, 15) is 14.9 Å². The van der Waals surface area contributed by atoms with E-state index in [4.69, 9.17) is 4.42 Å². The lowest BCUT2D eigenvalue weighted by Crippen LogP contribution is -2.13. The van der Waals surface area contributed by atoms with Gasteiger partial charge in [-0.2, -0.15) is 0 Å². The van der Waals surface area contributed by atoms with Crippen molar-refractivity contribution < 1.29 is 14.1 Å². The average Bonchev–Trinajstić information content (AvgIpc) is 2.94. The Morgan fingerprint density at radius 2 is 2.13 bits per heavy atom. The molecule has 0 saturated heterocycles. The molecule has 0 aromatic carbocycles. The van der Waals surface area contributed by atoms with Crippen LogP contribution in [-0.2, 0) is 0 Å². The largest absolute Gasteiger partial charge is 0.447 e. The Hall–Kier alpha value is -3.49. The lowest BCUT2D eigenvalue weighted by Gasteiger charge is -2.03. The first kappa shape index (κ1) is 14.4. The number of hydrogen-bond acceptors (Lipinski definition) is 7. The lowest BCUT2D eigenvalue weighted by molar-refractivity contribution is -0.385. The van der Waals surface area contributed by atoms with Gasteiger partial charge in [-0.15, -0.1) is 0 Å². The molecule has 0 bridgehead atoms. The molecule has 0 fully saturated rings. The summed E-state index contributed by atoms with van der Waals surface area (Å²) in [4.78, 5) is 30.3. The maximum atomic E-state index is 12.3. The third-order valence-electron chi connectivity index (χ3n) is 3.10. The lowest BCUT2D eigenvalue weighted by atomic mass is 10.3. The van der Waals surface area contributed by atoms with Crippen LogP contribution in [0.5, 0.6) is 0 Å². The molecule has 9 nitrogen and oxygen atoms in total. The molecule has 0 atom stereocenters. The van der Waals surface area contributed by atoms with Gasteiger partial charge in [0.05, 0.1) is 4.92 Å². The van der Waals surface area contributed by atoms with Crippen LogP contribution in [0.4, 0.5) is 17.2 Å². The molecule has 0 saturated carbocycles. The van der Waals surface area contributed by atoms with E-state index < -0.39 is 10.8 Å². The second-order valence-electron chi connectivity index (χ2n) is 4.52. The number of aromatic nitrogens is 2. The highest BCUT2D eigenvalue weighted by Gasteiger charge is 2.21. The number of hydrogen-bond donors (Lipinski definition) is 2. The highest BCUT2D eigenvalue weighted by molar-refractivity contribution is 6.10. The standard InChI is InChI=1S/C14H11N5O4/c1-15-12-11-9(3-2-6-16-11)23-13(12)14(20)18-10-5-4-8(7-17-10)19(21)22/h2-7,15H,1H3,(H,17,18,20). The zero-order valence-electron chi connectivity index (χ0n) is 11.9. The van der Waals surface area contributed by atoms with E-state index in [1.165, 1.54) is 12.1 Å².